The zero-order valence-corrected chi connectivity index (χ0v) is 10.6. The first-order chi connectivity index (χ1) is 8.04. The van der Waals surface area contributed by atoms with Gasteiger partial charge in [-0.1, -0.05) is 11.6 Å². The standard InChI is InChI=1S/C12H16ClNO3/c1-8(15)5-6-14-12(16)9-3-4-10(13)11(7-9)17-2/h3-4,7-8,15H,5-6H2,1-2H3,(H,14,16). The number of aliphatic hydroxyl groups is 1. The molecule has 0 aliphatic carbocycles. The molecule has 1 aromatic rings. The summed E-state index contributed by atoms with van der Waals surface area (Å²) in [5.41, 5.74) is 0.483. The van der Waals surface area contributed by atoms with Crippen LogP contribution in [0.2, 0.25) is 5.02 Å². The Morgan fingerprint density at radius 3 is 2.88 bits per heavy atom. The van der Waals surface area contributed by atoms with E-state index in [-0.39, 0.29) is 5.91 Å². The second kappa shape index (κ2) is 6.47. The minimum absolute atomic E-state index is 0.208. The SMILES string of the molecule is COc1cc(C(=O)NCCC(C)O)ccc1Cl. The van der Waals surface area contributed by atoms with Gasteiger partial charge in [-0.15, -0.1) is 0 Å². The lowest BCUT2D eigenvalue weighted by molar-refractivity contribution is 0.0945. The minimum atomic E-state index is -0.421. The van der Waals surface area contributed by atoms with Crippen LogP contribution in [-0.4, -0.2) is 30.8 Å². The van der Waals surface area contributed by atoms with Crippen LogP contribution >= 0.6 is 11.6 Å². The monoisotopic (exact) mass is 257 g/mol. The van der Waals surface area contributed by atoms with Gasteiger partial charge in [-0.05, 0) is 31.5 Å². The van der Waals surface area contributed by atoms with Crippen LogP contribution in [0.1, 0.15) is 23.7 Å². The Morgan fingerprint density at radius 1 is 1.59 bits per heavy atom. The number of carbonyl (C=O) groups is 1. The van der Waals surface area contributed by atoms with Crippen molar-refractivity contribution in [2.45, 2.75) is 19.4 Å². The van der Waals surface area contributed by atoms with Crippen LogP contribution in [0.25, 0.3) is 0 Å². The summed E-state index contributed by atoms with van der Waals surface area (Å²) in [6.07, 6.45) is 0.103. The van der Waals surface area contributed by atoms with Crippen molar-refractivity contribution in [1.82, 2.24) is 5.32 Å². The number of methoxy groups -OCH3 is 1. The van der Waals surface area contributed by atoms with Crippen molar-refractivity contribution < 1.29 is 14.6 Å². The van der Waals surface area contributed by atoms with Crippen LogP contribution < -0.4 is 10.1 Å². The zero-order chi connectivity index (χ0) is 12.8. The molecule has 1 unspecified atom stereocenters. The first kappa shape index (κ1) is 13.8. The predicted molar refractivity (Wildman–Crippen MR) is 66.6 cm³/mol. The number of hydrogen-bond donors (Lipinski definition) is 2. The predicted octanol–water partition coefficient (Wildman–Crippen LogP) is 1.85. The third-order valence-corrected chi connectivity index (χ3v) is 2.57. The number of aliphatic hydroxyl groups excluding tert-OH is 1. The molecule has 0 fully saturated rings. The highest BCUT2D eigenvalue weighted by atomic mass is 35.5. The lowest BCUT2D eigenvalue weighted by Crippen LogP contribution is -2.26. The molecule has 5 heteroatoms. The molecule has 0 heterocycles. The lowest BCUT2D eigenvalue weighted by Gasteiger charge is -2.08. The summed E-state index contributed by atoms with van der Waals surface area (Å²) in [7, 11) is 1.50. The largest absolute Gasteiger partial charge is 0.495 e. The van der Waals surface area contributed by atoms with E-state index in [2.05, 4.69) is 5.32 Å². The Hall–Kier alpha value is -1.26. The Labute approximate surface area is 106 Å². The summed E-state index contributed by atoms with van der Waals surface area (Å²) in [6, 6.07) is 4.83. The van der Waals surface area contributed by atoms with E-state index in [4.69, 9.17) is 21.4 Å². The van der Waals surface area contributed by atoms with Gasteiger partial charge >= 0.3 is 0 Å². The molecule has 1 rings (SSSR count). The van der Waals surface area contributed by atoms with Gasteiger partial charge in [-0.2, -0.15) is 0 Å². The highest BCUT2D eigenvalue weighted by molar-refractivity contribution is 6.32. The maximum Gasteiger partial charge on any atom is 0.251 e. The van der Waals surface area contributed by atoms with Gasteiger partial charge in [-0.25, -0.2) is 0 Å². The van der Waals surface area contributed by atoms with Gasteiger partial charge in [-0.3, -0.25) is 4.79 Å². The number of rotatable bonds is 5. The quantitative estimate of drug-likeness (QED) is 0.846. The van der Waals surface area contributed by atoms with Gasteiger partial charge in [0.2, 0.25) is 0 Å². The number of hydrogen-bond acceptors (Lipinski definition) is 3. The van der Waals surface area contributed by atoms with Crippen molar-refractivity contribution in [3.63, 3.8) is 0 Å². The normalized spacial score (nSPS) is 12.0. The summed E-state index contributed by atoms with van der Waals surface area (Å²) < 4.78 is 5.03. The molecular formula is C12H16ClNO3. The first-order valence-electron chi connectivity index (χ1n) is 5.34. The Kier molecular flexibility index (Phi) is 5.25. The van der Waals surface area contributed by atoms with Crippen molar-refractivity contribution >= 4 is 17.5 Å². The summed E-state index contributed by atoms with van der Waals surface area (Å²) in [5.74, 6) is 0.260. The smallest absolute Gasteiger partial charge is 0.251 e. The van der Waals surface area contributed by atoms with E-state index >= 15 is 0 Å². The Morgan fingerprint density at radius 2 is 2.29 bits per heavy atom. The molecule has 1 aromatic carbocycles. The highest BCUT2D eigenvalue weighted by Crippen LogP contribution is 2.24. The Bertz CT molecular complexity index is 393. The summed E-state index contributed by atoms with van der Waals surface area (Å²) >= 11 is 5.86. The lowest BCUT2D eigenvalue weighted by atomic mass is 10.2. The molecule has 0 aliphatic heterocycles. The molecule has 0 radical (unpaired) electrons. The minimum Gasteiger partial charge on any atom is -0.495 e. The molecule has 2 N–H and O–H groups in total. The summed E-state index contributed by atoms with van der Waals surface area (Å²) in [4.78, 5) is 11.7. The van der Waals surface area contributed by atoms with Crippen LogP contribution in [0.5, 0.6) is 5.75 Å². The average molecular weight is 258 g/mol. The van der Waals surface area contributed by atoms with Gasteiger partial charge in [0.15, 0.2) is 0 Å². The molecule has 1 amide bonds. The number of amides is 1. The zero-order valence-electron chi connectivity index (χ0n) is 9.87. The number of benzene rings is 1. The molecular weight excluding hydrogens is 242 g/mol. The number of halogens is 1. The van der Waals surface area contributed by atoms with Crippen LogP contribution in [0.3, 0.4) is 0 Å². The van der Waals surface area contributed by atoms with Gasteiger partial charge in [0.05, 0.1) is 18.2 Å². The molecule has 17 heavy (non-hydrogen) atoms. The topological polar surface area (TPSA) is 58.6 Å². The number of ether oxygens (including phenoxy) is 1. The maximum atomic E-state index is 11.7. The fraction of sp³-hybridized carbons (Fsp3) is 0.417. The molecule has 0 spiro atoms. The molecule has 0 bridgehead atoms. The van der Waals surface area contributed by atoms with E-state index in [0.717, 1.165) is 0 Å². The molecule has 0 saturated heterocycles. The Balaban J connectivity index is 2.63. The fourth-order valence-corrected chi connectivity index (χ4v) is 1.49. The first-order valence-corrected chi connectivity index (χ1v) is 5.72. The maximum absolute atomic E-state index is 11.7. The fourth-order valence-electron chi connectivity index (χ4n) is 1.30. The van der Waals surface area contributed by atoms with Crippen molar-refractivity contribution in [2.75, 3.05) is 13.7 Å². The van der Waals surface area contributed by atoms with Crippen LogP contribution in [0.4, 0.5) is 0 Å². The van der Waals surface area contributed by atoms with Gasteiger partial charge in [0.25, 0.3) is 5.91 Å². The van der Waals surface area contributed by atoms with Gasteiger partial charge in [0.1, 0.15) is 5.75 Å². The summed E-state index contributed by atoms with van der Waals surface area (Å²) in [6.45, 7) is 2.11. The van der Waals surface area contributed by atoms with Crippen molar-refractivity contribution in [3.8, 4) is 5.75 Å². The number of carbonyl (C=O) groups excluding carboxylic acids is 1. The molecule has 0 saturated carbocycles. The summed E-state index contributed by atoms with van der Waals surface area (Å²) in [5, 5.41) is 12.2. The van der Waals surface area contributed by atoms with E-state index in [1.54, 1.807) is 25.1 Å². The molecule has 0 aliphatic rings. The van der Waals surface area contributed by atoms with Crippen LogP contribution in [0.15, 0.2) is 18.2 Å². The van der Waals surface area contributed by atoms with Crippen molar-refractivity contribution in [1.29, 1.82) is 0 Å². The van der Waals surface area contributed by atoms with E-state index in [1.165, 1.54) is 7.11 Å². The average Bonchev–Trinajstić information content (AvgIpc) is 2.29. The van der Waals surface area contributed by atoms with E-state index < -0.39 is 6.10 Å². The third kappa shape index (κ3) is 4.24. The third-order valence-electron chi connectivity index (χ3n) is 2.26. The van der Waals surface area contributed by atoms with E-state index in [0.29, 0.717) is 29.3 Å². The van der Waals surface area contributed by atoms with Gasteiger partial charge < -0.3 is 15.2 Å². The van der Waals surface area contributed by atoms with Crippen molar-refractivity contribution in [3.05, 3.63) is 28.8 Å². The van der Waals surface area contributed by atoms with Crippen LogP contribution in [-0.2, 0) is 0 Å². The van der Waals surface area contributed by atoms with E-state index in [1.807, 2.05) is 0 Å². The van der Waals surface area contributed by atoms with Crippen LogP contribution in [0, 0.1) is 0 Å². The molecule has 0 aromatic heterocycles. The van der Waals surface area contributed by atoms with E-state index in [9.17, 15) is 4.79 Å². The second-order valence-electron chi connectivity index (χ2n) is 3.74. The highest BCUT2D eigenvalue weighted by Gasteiger charge is 2.09. The molecule has 4 nitrogen and oxygen atoms in total. The molecule has 94 valence electrons. The molecule has 1 atom stereocenters. The van der Waals surface area contributed by atoms with Crippen molar-refractivity contribution in [2.24, 2.45) is 0 Å². The van der Waals surface area contributed by atoms with Gasteiger partial charge in [0, 0.05) is 12.1 Å². The number of nitrogens with one attached hydrogen (secondary N) is 1. The second-order valence-corrected chi connectivity index (χ2v) is 4.15.